The summed E-state index contributed by atoms with van der Waals surface area (Å²) < 4.78 is 16.1. The zero-order valence-corrected chi connectivity index (χ0v) is 12.4. The lowest BCUT2D eigenvalue weighted by molar-refractivity contribution is 0.0928. The quantitative estimate of drug-likeness (QED) is 0.718. The van der Waals surface area contributed by atoms with Crippen LogP contribution in [0.4, 0.5) is 10.3 Å². The average Bonchev–Trinajstić information content (AvgIpc) is 2.82. The predicted molar refractivity (Wildman–Crippen MR) is 84.4 cm³/mol. The molecule has 0 saturated carbocycles. The summed E-state index contributed by atoms with van der Waals surface area (Å²) in [6.45, 7) is 3.02. The predicted octanol–water partition coefficient (Wildman–Crippen LogP) is 1.87. The van der Waals surface area contributed by atoms with E-state index in [4.69, 9.17) is 5.73 Å². The van der Waals surface area contributed by atoms with Crippen molar-refractivity contribution in [1.82, 2.24) is 19.9 Å². The lowest BCUT2D eigenvalue weighted by Crippen LogP contribution is -2.35. The summed E-state index contributed by atoms with van der Waals surface area (Å²) in [5, 5.41) is 3.55. The molecule has 7 heteroatoms. The SMILES string of the molecule is Cc1c2n(c3c(-c4cnc(N)nc4)cc(F)cc13)CCNC2=O. The van der Waals surface area contributed by atoms with Crippen LogP contribution in [0.25, 0.3) is 22.0 Å². The Labute approximate surface area is 131 Å². The molecule has 0 radical (unpaired) electrons. The number of rotatable bonds is 1. The summed E-state index contributed by atoms with van der Waals surface area (Å²) in [4.78, 5) is 20.1. The van der Waals surface area contributed by atoms with Gasteiger partial charge in [0.05, 0.1) is 5.52 Å². The number of aryl methyl sites for hydroxylation is 1. The number of nitrogen functional groups attached to an aromatic ring is 1. The first kappa shape index (κ1) is 13.7. The molecule has 3 N–H and O–H groups in total. The topological polar surface area (TPSA) is 85.8 Å². The fraction of sp³-hybridized carbons (Fsp3) is 0.188. The van der Waals surface area contributed by atoms with E-state index in [1.807, 2.05) is 11.5 Å². The molecule has 3 heterocycles. The van der Waals surface area contributed by atoms with Crippen molar-refractivity contribution in [2.24, 2.45) is 0 Å². The van der Waals surface area contributed by atoms with Gasteiger partial charge < -0.3 is 15.6 Å². The molecule has 6 nitrogen and oxygen atoms in total. The normalized spacial score (nSPS) is 13.9. The number of fused-ring (bicyclic) bond motifs is 3. The molecular formula is C16H14FN5O. The van der Waals surface area contributed by atoms with Crippen molar-refractivity contribution in [3.8, 4) is 11.1 Å². The van der Waals surface area contributed by atoms with E-state index in [-0.39, 0.29) is 17.7 Å². The molecule has 0 bridgehead atoms. The molecule has 0 fully saturated rings. The van der Waals surface area contributed by atoms with Gasteiger partial charge in [0, 0.05) is 42.0 Å². The third kappa shape index (κ3) is 1.97. The smallest absolute Gasteiger partial charge is 0.268 e. The molecule has 1 aromatic carbocycles. The lowest BCUT2D eigenvalue weighted by atomic mass is 10.0. The molecule has 0 spiro atoms. The van der Waals surface area contributed by atoms with Gasteiger partial charge in [0.25, 0.3) is 5.91 Å². The van der Waals surface area contributed by atoms with E-state index in [9.17, 15) is 9.18 Å². The van der Waals surface area contributed by atoms with Crippen molar-refractivity contribution in [2.75, 3.05) is 12.3 Å². The van der Waals surface area contributed by atoms with Crippen LogP contribution in [-0.2, 0) is 6.54 Å². The molecule has 0 saturated heterocycles. The molecule has 3 aromatic rings. The minimum Gasteiger partial charge on any atom is -0.368 e. The second kappa shape index (κ2) is 4.77. The van der Waals surface area contributed by atoms with Crippen molar-refractivity contribution >= 4 is 22.8 Å². The Hall–Kier alpha value is -2.96. The van der Waals surface area contributed by atoms with Gasteiger partial charge in [-0.3, -0.25) is 4.79 Å². The van der Waals surface area contributed by atoms with E-state index in [2.05, 4.69) is 15.3 Å². The fourth-order valence-electron chi connectivity index (χ4n) is 3.20. The number of anilines is 1. The molecule has 1 aliphatic rings. The lowest BCUT2D eigenvalue weighted by Gasteiger charge is -2.18. The highest BCUT2D eigenvalue weighted by atomic mass is 19.1. The summed E-state index contributed by atoms with van der Waals surface area (Å²) in [6.07, 6.45) is 3.13. The van der Waals surface area contributed by atoms with Crippen molar-refractivity contribution in [2.45, 2.75) is 13.5 Å². The number of nitrogens with two attached hydrogens (primary N) is 1. The maximum absolute atomic E-state index is 14.1. The number of halogens is 1. The van der Waals surface area contributed by atoms with Crippen molar-refractivity contribution in [3.63, 3.8) is 0 Å². The second-order valence-electron chi connectivity index (χ2n) is 5.56. The molecule has 0 aliphatic carbocycles. The molecule has 4 rings (SSSR count). The van der Waals surface area contributed by atoms with Gasteiger partial charge in [-0.2, -0.15) is 0 Å². The first-order valence-corrected chi connectivity index (χ1v) is 7.24. The summed E-state index contributed by atoms with van der Waals surface area (Å²) in [6, 6.07) is 2.90. The fourth-order valence-corrected chi connectivity index (χ4v) is 3.20. The highest BCUT2D eigenvalue weighted by Gasteiger charge is 2.25. The second-order valence-corrected chi connectivity index (χ2v) is 5.56. The van der Waals surface area contributed by atoms with Crippen LogP contribution in [-0.4, -0.2) is 27.0 Å². The Bertz CT molecular complexity index is 945. The maximum Gasteiger partial charge on any atom is 0.268 e. The van der Waals surface area contributed by atoms with Crippen LogP contribution < -0.4 is 11.1 Å². The van der Waals surface area contributed by atoms with E-state index >= 15 is 0 Å². The standard InChI is InChI=1S/C16H14FN5O/c1-8-11-4-10(17)5-12(9-6-20-16(18)21-7-9)14(11)22-3-2-19-15(23)13(8)22/h4-7H,2-3H2,1H3,(H,19,23)(H2,18,20,21). The highest BCUT2D eigenvalue weighted by Crippen LogP contribution is 2.35. The minimum absolute atomic E-state index is 0.134. The molecule has 2 aromatic heterocycles. The van der Waals surface area contributed by atoms with Crippen LogP contribution in [0.5, 0.6) is 0 Å². The maximum atomic E-state index is 14.1. The van der Waals surface area contributed by atoms with Crippen LogP contribution in [0.2, 0.25) is 0 Å². The Kier molecular flexibility index (Phi) is 2.84. The Morgan fingerprint density at radius 1 is 1.30 bits per heavy atom. The zero-order chi connectivity index (χ0) is 16.1. The van der Waals surface area contributed by atoms with Crippen molar-refractivity contribution in [3.05, 3.63) is 41.6 Å². The number of aromatic nitrogens is 3. The molecular weight excluding hydrogens is 297 g/mol. The molecule has 1 aliphatic heterocycles. The Balaban J connectivity index is 2.10. The van der Waals surface area contributed by atoms with Crippen LogP contribution >= 0.6 is 0 Å². The summed E-state index contributed by atoms with van der Waals surface area (Å²) in [5.41, 5.74) is 9.02. The monoisotopic (exact) mass is 311 g/mol. The number of hydrogen-bond donors (Lipinski definition) is 2. The van der Waals surface area contributed by atoms with Crippen molar-refractivity contribution in [1.29, 1.82) is 0 Å². The summed E-state index contributed by atoms with van der Waals surface area (Å²) >= 11 is 0. The molecule has 116 valence electrons. The summed E-state index contributed by atoms with van der Waals surface area (Å²) in [5.74, 6) is -0.338. The molecule has 1 amide bonds. The van der Waals surface area contributed by atoms with Gasteiger partial charge >= 0.3 is 0 Å². The number of carbonyl (C=O) groups is 1. The van der Waals surface area contributed by atoms with Crippen LogP contribution in [0, 0.1) is 12.7 Å². The van der Waals surface area contributed by atoms with Gasteiger partial charge in [0.2, 0.25) is 5.95 Å². The zero-order valence-electron chi connectivity index (χ0n) is 12.4. The largest absolute Gasteiger partial charge is 0.368 e. The number of hydrogen-bond acceptors (Lipinski definition) is 4. The first-order valence-electron chi connectivity index (χ1n) is 7.24. The van der Waals surface area contributed by atoms with Gasteiger partial charge in [-0.05, 0) is 24.6 Å². The molecule has 23 heavy (non-hydrogen) atoms. The van der Waals surface area contributed by atoms with Crippen molar-refractivity contribution < 1.29 is 9.18 Å². The summed E-state index contributed by atoms with van der Waals surface area (Å²) in [7, 11) is 0. The average molecular weight is 311 g/mol. The van der Waals surface area contributed by atoms with Gasteiger partial charge in [-0.15, -0.1) is 0 Å². The number of nitrogens with one attached hydrogen (secondary N) is 1. The number of benzene rings is 1. The number of nitrogens with zero attached hydrogens (tertiary/aromatic N) is 3. The number of amides is 1. The van der Waals surface area contributed by atoms with Gasteiger partial charge in [-0.25, -0.2) is 14.4 Å². The van der Waals surface area contributed by atoms with E-state index in [1.54, 1.807) is 12.4 Å². The highest BCUT2D eigenvalue weighted by molar-refractivity contribution is 6.06. The minimum atomic E-state index is -0.365. The third-order valence-corrected chi connectivity index (χ3v) is 4.19. The van der Waals surface area contributed by atoms with E-state index in [1.165, 1.54) is 12.1 Å². The van der Waals surface area contributed by atoms with E-state index in [0.717, 1.165) is 16.5 Å². The third-order valence-electron chi connectivity index (χ3n) is 4.19. The van der Waals surface area contributed by atoms with Gasteiger partial charge in [0.15, 0.2) is 0 Å². The van der Waals surface area contributed by atoms with E-state index < -0.39 is 0 Å². The Morgan fingerprint density at radius 3 is 2.78 bits per heavy atom. The van der Waals surface area contributed by atoms with Crippen LogP contribution in [0.15, 0.2) is 24.5 Å². The molecule has 0 atom stereocenters. The van der Waals surface area contributed by atoms with Crippen LogP contribution in [0.1, 0.15) is 16.1 Å². The molecule has 0 unspecified atom stereocenters. The van der Waals surface area contributed by atoms with Gasteiger partial charge in [0.1, 0.15) is 11.5 Å². The van der Waals surface area contributed by atoms with Crippen LogP contribution in [0.3, 0.4) is 0 Å². The Morgan fingerprint density at radius 2 is 2.04 bits per heavy atom. The van der Waals surface area contributed by atoms with E-state index in [0.29, 0.717) is 29.9 Å². The number of carbonyl (C=O) groups excluding carboxylic acids is 1. The van der Waals surface area contributed by atoms with Gasteiger partial charge in [-0.1, -0.05) is 0 Å². The first-order chi connectivity index (χ1) is 11.1.